The Balaban J connectivity index is 2.51. The van der Waals surface area contributed by atoms with Gasteiger partial charge in [0.25, 0.3) is 5.91 Å². The molecule has 0 aliphatic rings. The van der Waals surface area contributed by atoms with Gasteiger partial charge in [0.2, 0.25) is 0 Å². The van der Waals surface area contributed by atoms with Crippen molar-refractivity contribution in [3.8, 4) is 0 Å². The molecule has 0 radical (unpaired) electrons. The normalized spacial score (nSPS) is 12.5. The van der Waals surface area contributed by atoms with E-state index in [0.717, 1.165) is 11.3 Å². The fourth-order valence-electron chi connectivity index (χ4n) is 1.91. The largest absolute Gasteiger partial charge is 0.391 e. The number of aliphatic hydroxyl groups excluding tert-OH is 1. The maximum absolute atomic E-state index is 12.0. The predicted octanol–water partition coefficient (Wildman–Crippen LogP) is 2.69. The summed E-state index contributed by atoms with van der Waals surface area (Å²) in [6, 6.07) is 7.61. The van der Waals surface area contributed by atoms with Gasteiger partial charge >= 0.3 is 0 Å². The van der Waals surface area contributed by atoms with Crippen LogP contribution < -0.4 is 5.32 Å². The minimum absolute atomic E-state index is 0.120. The van der Waals surface area contributed by atoms with Gasteiger partial charge < -0.3 is 10.4 Å². The number of rotatable bonds is 7. The van der Waals surface area contributed by atoms with Crippen molar-refractivity contribution < 1.29 is 9.90 Å². The zero-order valence-electron chi connectivity index (χ0n) is 11.8. The first-order valence-electron chi connectivity index (χ1n) is 6.57. The molecule has 19 heavy (non-hydrogen) atoms. The Kier molecular flexibility index (Phi) is 6.95. The van der Waals surface area contributed by atoms with Gasteiger partial charge in [-0.15, -0.1) is 0 Å². The van der Waals surface area contributed by atoms with Crippen LogP contribution in [0.2, 0.25) is 0 Å². The van der Waals surface area contributed by atoms with Gasteiger partial charge in [0, 0.05) is 17.9 Å². The summed E-state index contributed by atoms with van der Waals surface area (Å²) in [5, 5.41) is 12.5. The van der Waals surface area contributed by atoms with Crippen LogP contribution in [-0.2, 0) is 5.75 Å². The second kappa shape index (κ2) is 8.23. The summed E-state index contributed by atoms with van der Waals surface area (Å²) in [4.78, 5) is 12.0. The number of benzene rings is 1. The first-order chi connectivity index (χ1) is 9.02. The van der Waals surface area contributed by atoms with E-state index in [9.17, 15) is 9.90 Å². The van der Waals surface area contributed by atoms with E-state index >= 15 is 0 Å². The zero-order valence-corrected chi connectivity index (χ0v) is 12.7. The third kappa shape index (κ3) is 6.12. The van der Waals surface area contributed by atoms with Crippen LogP contribution in [0.5, 0.6) is 0 Å². The fraction of sp³-hybridized carbons (Fsp3) is 0.533. The Hall–Kier alpha value is -1.00. The molecular formula is C15H23NO2S. The number of aliphatic hydroxyl groups is 1. The molecule has 0 aliphatic carbocycles. The molecule has 1 unspecified atom stereocenters. The second-order valence-electron chi connectivity index (χ2n) is 5.13. The molecule has 3 nitrogen and oxygen atoms in total. The molecule has 0 fully saturated rings. The smallest absolute Gasteiger partial charge is 0.251 e. The molecule has 1 atom stereocenters. The lowest BCUT2D eigenvalue weighted by atomic mass is 10.1. The molecule has 1 aromatic carbocycles. The van der Waals surface area contributed by atoms with Gasteiger partial charge in [-0.25, -0.2) is 0 Å². The number of amides is 1. The third-order valence-corrected chi connectivity index (χ3v) is 3.36. The maximum Gasteiger partial charge on any atom is 0.251 e. The Labute approximate surface area is 119 Å². The molecule has 106 valence electrons. The van der Waals surface area contributed by atoms with E-state index in [1.165, 1.54) is 0 Å². The highest BCUT2D eigenvalue weighted by atomic mass is 32.2. The van der Waals surface area contributed by atoms with Crippen molar-refractivity contribution in [2.75, 3.05) is 12.8 Å². The molecule has 1 rings (SSSR count). The van der Waals surface area contributed by atoms with Gasteiger partial charge in [-0.05, 0) is 36.3 Å². The average Bonchev–Trinajstić information content (AvgIpc) is 2.36. The summed E-state index contributed by atoms with van der Waals surface area (Å²) >= 11 is 1.73. The van der Waals surface area contributed by atoms with Gasteiger partial charge in [-0.1, -0.05) is 26.0 Å². The van der Waals surface area contributed by atoms with Crippen LogP contribution in [0, 0.1) is 5.92 Å². The summed E-state index contributed by atoms with van der Waals surface area (Å²) in [7, 11) is 0. The number of hydrogen-bond donors (Lipinski definition) is 2. The fourth-order valence-corrected chi connectivity index (χ4v) is 2.42. The lowest BCUT2D eigenvalue weighted by Gasteiger charge is -2.14. The minimum atomic E-state index is -0.474. The number of hydrogen-bond acceptors (Lipinski definition) is 3. The highest BCUT2D eigenvalue weighted by Gasteiger charge is 2.10. The molecule has 1 amide bonds. The van der Waals surface area contributed by atoms with E-state index in [0.29, 0.717) is 24.4 Å². The van der Waals surface area contributed by atoms with E-state index in [-0.39, 0.29) is 5.91 Å². The van der Waals surface area contributed by atoms with Gasteiger partial charge in [0.1, 0.15) is 0 Å². The molecule has 0 aromatic heterocycles. The molecule has 0 saturated carbocycles. The van der Waals surface area contributed by atoms with Crippen molar-refractivity contribution >= 4 is 17.7 Å². The monoisotopic (exact) mass is 281 g/mol. The van der Waals surface area contributed by atoms with Crippen LogP contribution in [0.4, 0.5) is 0 Å². The molecule has 0 bridgehead atoms. The van der Waals surface area contributed by atoms with Crippen molar-refractivity contribution in [1.29, 1.82) is 0 Å². The van der Waals surface area contributed by atoms with Crippen molar-refractivity contribution in [2.24, 2.45) is 5.92 Å². The van der Waals surface area contributed by atoms with Crippen molar-refractivity contribution in [2.45, 2.75) is 32.1 Å². The Bertz CT molecular complexity index is 407. The highest BCUT2D eigenvalue weighted by Crippen LogP contribution is 2.11. The maximum atomic E-state index is 12.0. The van der Waals surface area contributed by atoms with Crippen LogP contribution >= 0.6 is 11.8 Å². The summed E-state index contributed by atoms with van der Waals surface area (Å²) in [5.41, 5.74) is 1.80. The second-order valence-corrected chi connectivity index (χ2v) is 5.99. The molecule has 0 heterocycles. The highest BCUT2D eigenvalue weighted by molar-refractivity contribution is 7.97. The summed E-state index contributed by atoms with van der Waals surface area (Å²) < 4.78 is 0. The van der Waals surface area contributed by atoms with Crippen LogP contribution in [0.3, 0.4) is 0 Å². The first kappa shape index (κ1) is 16.1. The number of carbonyl (C=O) groups excluding carboxylic acids is 1. The SMILES string of the molecule is CSCc1cccc(C(=O)NCC(O)CC(C)C)c1. The van der Waals surface area contributed by atoms with Gasteiger partial charge in [0.05, 0.1) is 6.10 Å². The molecule has 4 heteroatoms. The summed E-state index contributed by atoms with van der Waals surface area (Å²) in [6.07, 6.45) is 2.26. The zero-order chi connectivity index (χ0) is 14.3. The molecule has 2 N–H and O–H groups in total. The van der Waals surface area contributed by atoms with E-state index < -0.39 is 6.10 Å². The lowest BCUT2D eigenvalue weighted by Crippen LogP contribution is -2.32. The van der Waals surface area contributed by atoms with E-state index in [1.54, 1.807) is 17.8 Å². The topological polar surface area (TPSA) is 49.3 Å². The number of nitrogens with one attached hydrogen (secondary N) is 1. The number of thioether (sulfide) groups is 1. The Morgan fingerprint density at radius 1 is 1.42 bits per heavy atom. The average molecular weight is 281 g/mol. The van der Waals surface area contributed by atoms with Crippen LogP contribution in [-0.4, -0.2) is 29.9 Å². The van der Waals surface area contributed by atoms with E-state index in [4.69, 9.17) is 0 Å². The molecule has 0 aliphatic heterocycles. The van der Waals surface area contributed by atoms with Crippen molar-refractivity contribution in [3.63, 3.8) is 0 Å². The standard InChI is InChI=1S/C15H23NO2S/c1-11(2)7-14(17)9-16-15(18)13-6-4-5-12(8-13)10-19-3/h4-6,8,11,14,17H,7,9-10H2,1-3H3,(H,16,18). The van der Waals surface area contributed by atoms with Crippen LogP contribution in [0.1, 0.15) is 36.2 Å². The number of carbonyl (C=O) groups is 1. The quantitative estimate of drug-likeness (QED) is 0.808. The van der Waals surface area contributed by atoms with Gasteiger partial charge in [0.15, 0.2) is 0 Å². The van der Waals surface area contributed by atoms with Crippen LogP contribution in [0.25, 0.3) is 0 Å². The van der Waals surface area contributed by atoms with Crippen molar-refractivity contribution in [1.82, 2.24) is 5.32 Å². The minimum Gasteiger partial charge on any atom is -0.391 e. The van der Waals surface area contributed by atoms with E-state index in [2.05, 4.69) is 19.2 Å². The summed E-state index contributed by atoms with van der Waals surface area (Å²) in [5.74, 6) is 1.21. The van der Waals surface area contributed by atoms with E-state index in [1.807, 2.05) is 24.5 Å². The van der Waals surface area contributed by atoms with Crippen molar-refractivity contribution in [3.05, 3.63) is 35.4 Å². The third-order valence-electron chi connectivity index (χ3n) is 2.74. The van der Waals surface area contributed by atoms with Gasteiger partial charge in [-0.3, -0.25) is 4.79 Å². The predicted molar refractivity (Wildman–Crippen MR) is 81.5 cm³/mol. The lowest BCUT2D eigenvalue weighted by molar-refractivity contribution is 0.0900. The molecule has 1 aromatic rings. The van der Waals surface area contributed by atoms with Crippen LogP contribution in [0.15, 0.2) is 24.3 Å². The Morgan fingerprint density at radius 3 is 2.79 bits per heavy atom. The first-order valence-corrected chi connectivity index (χ1v) is 7.96. The van der Waals surface area contributed by atoms with Gasteiger partial charge in [-0.2, -0.15) is 11.8 Å². The molecule has 0 spiro atoms. The molecular weight excluding hydrogens is 258 g/mol. The molecule has 0 saturated heterocycles. The summed E-state index contributed by atoms with van der Waals surface area (Å²) in [6.45, 7) is 4.41. The Morgan fingerprint density at radius 2 is 2.16 bits per heavy atom.